The minimum absolute atomic E-state index is 0.138. The van der Waals surface area contributed by atoms with Gasteiger partial charge in [0, 0.05) is 22.0 Å². The number of quaternary nitrogens is 1. The molecule has 1 aromatic carbocycles. The molecule has 1 aromatic rings. The van der Waals surface area contributed by atoms with Crippen molar-refractivity contribution in [3.8, 4) is 0 Å². The van der Waals surface area contributed by atoms with Gasteiger partial charge in [-0.2, -0.15) is 0 Å². The van der Waals surface area contributed by atoms with E-state index in [2.05, 4.69) is 57.8 Å². The zero-order valence-electron chi connectivity index (χ0n) is 15.1. The maximum absolute atomic E-state index is 12.7. The zero-order valence-corrected chi connectivity index (χ0v) is 16.7. The highest BCUT2D eigenvalue weighted by Gasteiger charge is 2.51. The van der Waals surface area contributed by atoms with Crippen LogP contribution < -0.4 is 10.6 Å². The Hall–Kier alpha value is -0.870. The standard InChI is InChI=1S/C21H29BrN2O/c1-2-19(17-3-5-18(22)6-4-17)23-13-20(25)24-21-10-14-7-15(11-21)9-16(8-14)12-21/h3-6,14-16,19,23H,2,7-13H2,1H3,(H,24,25)/p+1/t14?,15?,16?,19-,21?/m1/s1. The molecule has 4 fully saturated rings. The van der Waals surface area contributed by atoms with Crippen LogP contribution in [-0.4, -0.2) is 18.0 Å². The summed E-state index contributed by atoms with van der Waals surface area (Å²) in [6, 6.07) is 8.84. The Balaban J connectivity index is 1.33. The van der Waals surface area contributed by atoms with Gasteiger partial charge >= 0.3 is 0 Å². The fraction of sp³-hybridized carbons (Fsp3) is 0.667. The molecule has 25 heavy (non-hydrogen) atoms. The van der Waals surface area contributed by atoms with Gasteiger partial charge in [0.2, 0.25) is 0 Å². The lowest BCUT2D eigenvalue weighted by molar-refractivity contribution is -0.686. The van der Waals surface area contributed by atoms with Crippen LogP contribution in [0.1, 0.15) is 63.5 Å². The maximum Gasteiger partial charge on any atom is 0.275 e. The summed E-state index contributed by atoms with van der Waals surface area (Å²) < 4.78 is 1.10. The Morgan fingerprint density at radius 2 is 1.72 bits per heavy atom. The predicted octanol–water partition coefficient (Wildman–Crippen LogP) is 3.55. The van der Waals surface area contributed by atoms with Gasteiger partial charge in [-0.15, -0.1) is 0 Å². The van der Waals surface area contributed by atoms with Crippen LogP contribution in [-0.2, 0) is 4.79 Å². The van der Waals surface area contributed by atoms with Crippen molar-refractivity contribution in [2.75, 3.05) is 6.54 Å². The van der Waals surface area contributed by atoms with Crippen molar-refractivity contribution in [2.45, 2.75) is 63.5 Å². The molecule has 0 aliphatic heterocycles. The first kappa shape index (κ1) is 17.5. The second-order valence-electron chi connectivity index (χ2n) is 8.75. The maximum atomic E-state index is 12.7. The lowest BCUT2D eigenvalue weighted by Gasteiger charge is -2.56. The van der Waals surface area contributed by atoms with Gasteiger partial charge in [-0.05, 0) is 68.4 Å². The first-order valence-electron chi connectivity index (χ1n) is 9.95. The van der Waals surface area contributed by atoms with Crippen LogP contribution in [0, 0.1) is 17.8 Å². The summed E-state index contributed by atoms with van der Waals surface area (Å²) in [5.41, 5.74) is 1.44. The number of hydrogen-bond acceptors (Lipinski definition) is 1. The molecule has 0 heterocycles. The van der Waals surface area contributed by atoms with Crippen molar-refractivity contribution in [3.05, 3.63) is 34.3 Å². The minimum atomic E-state index is 0.138. The lowest BCUT2D eigenvalue weighted by Crippen LogP contribution is -2.88. The summed E-state index contributed by atoms with van der Waals surface area (Å²) >= 11 is 3.49. The molecule has 0 spiro atoms. The van der Waals surface area contributed by atoms with Crippen LogP contribution in [0.2, 0.25) is 0 Å². The minimum Gasteiger partial charge on any atom is -0.346 e. The number of amides is 1. The van der Waals surface area contributed by atoms with E-state index in [0.717, 1.165) is 28.6 Å². The quantitative estimate of drug-likeness (QED) is 0.746. The van der Waals surface area contributed by atoms with Gasteiger partial charge in [0.05, 0.1) is 0 Å². The Morgan fingerprint density at radius 1 is 1.16 bits per heavy atom. The zero-order chi connectivity index (χ0) is 17.4. The Bertz CT molecular complexity index is 592. The number of rotatable bonds is 6. The van der Waals surface area contributed by atoms with Gasteiger partial charge in [-0.1, -0.05) is 35.0 Å². The summed E-state index contributed by atoms with van der Waals surface area (Å²) in [4.78, 5) is 12.7. The lowest BCUT2D eigenvalue weighted by atomic mass is 9.53. The summed E-state index contributed by atoms with van der Waals surface area (Å²) in [7, 11) is 0. The Morgan fingerprint density at radius 3 is 2.24 bits per heavy atom. The van der Waals surface area contributed by atoms with E-state index in [1.165, 1.54) is 44.1 Å². The van der Waals surface area contributed by atoms with E-state index in [1.807, 2.05) is 0 Å². The molecule has 1 atom stereocenters. The average molecular weight is 406 g/mol. The van der Waals surface area contributed by atoms with Crippen LogP contribution in [0.15, 0.2) is 28.7 Å². The largest absolute Gasteiger partial charge is 0.346 e. The first-order chi connectivity index (χ1) is 12.0. The number of carbonyl (C=O) groups is 1. The molecule has 4 heteroatoms. The van der Waals surface area contributed by atoms with Crippen molar-refractivity contribution in [3.63, 3.8) is 0 Å². The molecule has 4 aliphatic rings. The average Bonchev–Trinajstić information content (AvgIpc) is 2.55. The van der Waals surface area contributed by atoms with Crippen LogP contribution in [0.25, 0.3) is 0 Å². The van der Waals surface area contributed by atoms with E-state index >= 15 is 0 Å². The third-order valence-electron chi connectivity index (χ3n) is 6.77. The van der Waals surface area contributed by atoms with E-state index in [0.29, 0.717) is 12.6 Å². The van der Waals surface area contributed by atoms with Gasteiger partial charge < -0.3 is 10.6 Å². The fourth-order valence-electron chi connectivity index (χ4n) is 6.11. The molecule has 3 nitrogen and oxygen atoms in total. The highest BCUT2D eigenvalue weighted by molar-refractivity contribution is 9.10. The molecule has 0 saturated heterocycles. The highest BCUT2D eigenvalue weighted by atomic mass is 79.9. The Kier molecular flexibility index (Phi) is 4.93. The summed E-state index contributed by atoms with van der Waals surface area (Å²) in [5.74, 6) is 2.86. The number of carbonyl (C=O) groups excluding carboxylic acids is 1. The third kappa shape index (κ3) is 3.80. The molecule has 4 bridgehead atoms. The van der Waals surface area contributed by atoms with Crippen LogP contribution in [0.5, 0.6) is 0 Å². The van der Waals surface area contributed by atoms with Crippen LogP contribution >= 0.6 is 15.9 Å². The normalized spacial score (nSPS) is 34.1. The molecule has 4 aliphatic carbocycles. The molecular formula is C21H30BrN2O+. The van der Waals surface area contributed by atoms with Gasteiger partial charge in [-0.25, -0.2) is 0 Å². The topological polar surface area (TPSA) is 45.7 Å². The predicted molar refractivity (Wildman–Crippen MR) is 103 cm³/mol. The van der Waals surface area contributed by atoms with Crippen molar-refractivity contribution >= 4 is 21.8 Å². The molecule has 4 saturated carbocycles. The number of nitrogens with one attached hydrogen (secondary N) is 1. The number of hydrogen-bond donors (Lipinski definition) is 2. The molecule has 3 N–H and O–H groups in total. The smallest absolute Gasteiger partial charge is 0.275 e. The second-order valence-corrected chi connectivity index (χ2v) is 9.67. The molecule has 1 amide bonds. The highest BCUT2D eigenvalue weighted by Crippen LogP contribution is 2.55. The summed E-state index contributed by atoms with van der Waals surface area (Å²) in [6.07, 6.45) is 8.98. The first-order valence-corrected chi connectivity index (χ1v) is 10.7. The number of halogens is 1. The molecule has 0 unspecified atom stereocenters. The molecule has 136 valence electrons. The summed E-state index contributed by atoms with van der Waals surface area (Å²) in [6.45, 7) is 2.73. The van der Waals surface area contributed by atoms with Gasteiger partial charge in [-0.3, -0.25) is 4.79 Å². The third-order valence-corrected chi connectivity index (χ3v) is 7.30. The Labute approximate surface area is 159 Å². The van der Waals surface area contributed by atoms with Crippen molar-refractivity contribution < 1.29 is 10.1 Å². The van der Waals surface area contributed by atoms with Crippen LogP contribution in [0.4, 0.5) is 0 Å². The monoisotopic (exact) mass is 405 g/mol. The van der Waals surface area contributed by atoms with E-state index in [-0.39, 0.29) is 11.4 Å². The number of benzene rings is 1. The molecular weight excluding hydrogens is 376 g/mol. The van der Waals surface area contributed by atoms with E-state index in [4.69, 9.17) is 0 Å². The van der Waals surface area contributed by atoms with Crippen molar-refractivity contribution in [1.82, 2.24) is 5.32 Å². The fourth-order valence-corrected chi connectivity index (χ4v) is 6.37. The summed E-state index contributed by atoms with van der Waals surface area (Å²) in [5, 5.41) is 5.69. The van der Waals surface area contributed by atoms with Crippen molar-refractivity contribution in [2.24, 2.45) is 17.8 Å². The van der Waals surface area contributed by atoms with E-state index in [9.17, 15) is 4.79 Å². The van der Waals surface area contributed by atoms with Crippen LogP contribution in [0.3, 0.4) is 0 Å². The SMILES string of the molecule is CC[C@@H]([NH2+]CC(=O)NC12CC3CC(CC(C3)C1)C2)c1ccc(Br)cc1. The van der Waals surface area contributed by atoms with Crippen molar-refractivity contribution in [1.29, 1.82) is 0 Å². The van der Waals surface area contributed by atoms with E-state index < -0.39 is 0 Å². The van der Waals surface area contributed by atoms with Gasteiger partial charge in [0.1, 0.15) is 6.04 Å². The molecule has 0 aromatic heterocycles. The van der Waals surface area contributed by atoms with Gasteiger partial charge in [0.15, 0.2) is 6.54 Å². The molecule has 0 radical (unpaired) electrons. The number of nitrogens with two attached hydrogens (primary N) is 1. The molecule has 5 rings (SSSR count). The van der Waals surface area contributed by atoms with E-state index in [1.54, 1.807) is 0 Å². The van der Waals surface area contributed by atoms with Gasteiger partial charge in [0.25, 0.3) is 5.91 Å². The second kappa shape index (κ2) is 7.03.